The minimum atomic E-state index is -0.845. The van der Waals surface area contributed by atoms with Gasteiger partial charge in [-0.2, -0.15) is 5.26 Å². The maximum absolute atomic E-state index is 12.6. The van der Waals surface area contributed by atoms with Gasteiger partial charge in [-0.25, -0.2) is 4.79 Å². The van der Waals surface area contributed by atoms with Crippen LogP contribution in [0.25, 0.3) is 10.9 Å². The summed E-state index contributed by atoms with van der Waals surface area (Å²) in [7, 11) is 1.28. The van der Waals surface area contributed by atoms with Crippen LogP contribution in [0.5, 0.6) is 0 Å². The quantitative estimate of drug-likeness (QED) is 0.707. The predicted molar refractivity (Wildman–Crippen MR) is 99.9 cm³/mol. The van der Waals surface area contributed by atoms with Crippen LogP contribution < -0.4 is 5.32 Å². The molecule has 1 atom stereocenters. The molecule has 1 amide bonds. The van der Waals surface area contributed by atoms with Crippen LogP contribution in [0, 0.1) is 11.3 Å². The maximum Gasteiger partial charge on any atom is 0.328 e. The number of nitrogens with one attached hydrogen (secondary N) is 1. The average Bonchev–Trinajstić information content (AvgIpc) is 2.72. The molecule has 134 valence electrons. The van der Waals surface area contributed by atoms with E-state index in [9.17, 15) is 9.59 Å². The number of carbonyl (C=O) groups excluding carboxylic acids is 2. The van der Waals surface area contributed by atoms with Crippen molar-refractivity contribution >= 4 is 22.8 Å². The van der Waals surface area contributed by atoms with Gasteiger partial charge in [0.1, 0.15) is 6.04 Å². The topological polar surface area (TPSA) is 92.1 Å². The van der Waals surface area contributed by atoms with E-state index in [-0.39, 0.29) is 6.42 Å². The van der Waals surface area contributed by atoms with E-state index in [4.69, 9.17) is 10.00 Å². The number of benzene rings is 2. The highest BCUT2D eigenvalue weighted by Gasteiger charge is 2.23. The molecule has 6 heteroatoms. The summed E-state index contributed by atoms with van der Waals surface area (Å²) in [6, 6.07) is 17.2. The molecule has 2 aromatic carbocycles. The summed E-state index contributed by atoms with van der Waals surface area (Å²) in [5, 5.41) is 12.4. The highest BCUT2D eigenvalue weighted by molar-refractivity contribution is 5.99. The van der Waals surface area contributed by atoms with Crippen molar-refractivity contribution in [3.8, 4) is 6.07 Å². The number of fused-ring (bicyclic) bond motifs is 1. The monoisotopic (exact) mass is 359 g/mol. The summed E-state index contributed by atoms with van der Waals surface area (Å²) in [5.74, 6) is -0.946. The Morgan fingerprint density at radius 3 is 2.63 bits per heavy atom. The van der Waals surface area contributed by atoms with Gasteiger partial charge in [-0.05, 0) is 29.8 Å². The van der Waals surface area contributed by atoms with Gasteiger partial charge < -0.3 is 10.1 Å². The molecule has 0 saturated heterocycles. The number of methoxy groups -OCH3 is 1. The molecule has 0 aliphatic carbocycles. The molecule has 0 radical (unpaired) electrons. The second-order valence-corrected chi connectivity index (χ2v) is 5.98. The minimum Gasteiger partial charge on any atom is -0.467 e. The van der Waals surface area contributed by atoms with Crippen molar-refractivity contribution in [1.29, 1.82) is 5.26 Å². The number of nitriles is 1. The smallest absolute Gasteiger partial charge is 0.328 e. The third-order valence-electron chi connectivity index (χ3n) is 4.17. The number of carbonyl (C=O) groups is 2. The molecule has 0 saturated carbocycles. The first-order valence-electron chi connectivity index (χ1n) is 8.33. The number of ether oxygens (including phenoxy) is 1. The first kappa shape index (κ1) is 18.1. The Kier molecular flexibility index (Phi) is 5.43. The van der Waals surface area contributed by atoms with Crippen molar-refractivity contribution in [2.45, 2.75) is 12.5 Å². The van der Waals surface area contributed by atoms with E-state index in [0.717, 1.165) is 16.5 Å². The summed E-state index contributed by atoms with van der Waals surface area (Å²) in [6.45, 7) is 0. The molecule has 3 rings (SSSR count). The summed E-state index contributed by atoms with van der Waals surface area (Å²) in [6.07, 6.45) is 1.73. The zero-order valence-corrected chi connectivity index (χ0v) is 14.7. The number of amides is 1. The summed E-state index contributed by atoms with van der Waals surface area (Å²) in [5.41, 5.74) is 2.49. The van der Waals surface area contributed by atoms with Crippen molar-refractivity contribution in [3.05, 3.63) is 77.5 Å². The van der Waals surface area contributed by atoms with Gasteiger partial charge in [0, 0.05) is 18.0 Å². The lowest BCUT2D eigenvalue weighted by Crippen LogP contribution is -2.43. The summed E-state index contributed by atoms with van der Waals surface area (Å²) >= 11 is 0. The fourth-order valence-corrected chi connectivity index (χ4v) is 2.72. The Morgan fingerprint density at radius 1 is 1.19 bits per heavy atom. The third-order valence-corrected chi connectivity index (χ3v) is 4.17. The summed E-state index contributed by atoms with van der Waals surface area (Å²) < 4.78 is 4.81. The van der Waals surface area contributed by atoms with E-state index in [1.165, 1.54) is 13.3 Å². The van der Waals surface area contributed by atoms with Crippen LogP contribution >= 0.6 is 0 Å². The molecule has 1 aromatic heterocycles. The molecule has 0 aliphatic rings. The standard InChI is InChI=1S/C21H17N3O3/c1-27-21(26)19(10-14-6-8-15(12-22)9-7-14)24-20(25)17-11-16-4-2-3-5-18(16)23-13-17/h2-9,11,13,19H,10H2,1H3,(H,24,25)/t19-/m1/s1. The van der Waals surface area contributed by atoms with Crippen molar-refractivity contribution in [3.63, 3.8) is 0 Å². The molecule has 1 heterocycles. The molecule has 0 aliphatic heterocycles. The second-order valence-electron chi connectivity index (χ2n) is 5.98. The van der Waals surface area contributed by atoms with Crippen molar-refractivity contribution in [2.75, 3.05) is 7.11 Å². The summed E-state index contributed by atoms with van der Waals surface area (Å²) in [4.78, 5) is 29.0. The molecule has 1 N–H and O–H groups in total. The Labute approximate surface area is 156 Å². The number of esters is 1. The van der Waals surface area contributed by atoms with Crippen molar-refractivity contribution in [1.82, 2.24) is 10.3 Å². The maximum atomic E-state index is 12.6. The van der Waals surface area contributed by atoms with E-state index in [2.05, 4.69) is 10.3 Å². The normalized spacial score (nSPS) is 11.4. The number of aromatic nitrogens is 1. The van der Waals surface area contributed by atoms with Crippen LogP contribution in [0.15, 0.2) is 60.8 Å². The second kappa shape index (κ2) is 8.11. The number of hydrogen-bond donors (Lipinski definition) is 1. The van der Waals surface area contributed by atoms with Gasteiger partial charge in [0.15, 0.2) is 0 Å². The van der Waals surface area contributed by atoms with Gasteiger partial charge in [0.25, 0.3) is 5.91 Å². The SMILES string of the molecule is COC(=O)[C@@H](Cc1ccc(C#N)cc1)NC(=O)c1cnc2ccccc2c1. The van der Waals surface area contributed by atoms with Gasteiger partial charge in [0.05, 0.1) is 29.8 Å². The van der Waals surface area contributed by atoms with Crippen molar-refractivity contribution < 1.29 is 14.3 Å². The van der Waals surface area contributed by atoms with Crippen LogP contribution in [-0.2, 0) is 16.0 Å². The Morgan fingerprint density at radius 2 is 1.93 bits per heavy atom. The lowest BCUT2D eigenvalue weighted by Gasteiger charge is -2.17. The van der Waals surface area contributed by atoms with E-state index < -0.39 is 17.9 Å². The molecular formula is C21H17N3O3. The Balaban J connectivity index is 1.79. The highest BCUT2D eigenvalue weighted by atomic mass is 16.5. The molecule has 0 fully saturated rings. The van der Waals surface area contributed by atoms with Gasteiger partial charge in [-0.3, -0.25) is 9.78 Å². The molecule has 3 aromatic rings. The fraction of sp³-hybridized carbons (Fsp3) is 0.143. The van der Waals surface area contributed by atoms with E-state index in [1.807, 2.05) is 30.3 Å². The zero-order valence-electron chi connectivity index (χ0n) is 14.7. The average molecular weight is 359 g/mol. The first-order chi connectivity index (χ1) is 13.1. The van der Waals surface area contributed by atoms with Crippen LogP contribution in [-0.4, -0.2) is 30.0 Å². The first-order valence-corrected chi connectivity index (χ1v) is 8.33. The number of para-hydroxylation sites is 1. The fourth-order valence-electron chi connectivity index (χ4n) is 2.72. The van der Waals surface area contributed by atoms with E-state index in [0.29, 0.717) is 11.1 Å². The van der Waals surface area contributed by atoms with Gasteiger partial charge in [-0.15, -0.1) is 0 Å². The van der Waals surface area contributed by atoms with Gasteiger partial charge in [-0.1, -0.05) is 30.3 Å². The number of nitrogens with zero attached hydrogens (tertiary/aromatic N) is 2. The Bertz CT molecular complexity index is 1020. The van der Waals surface area contributed by atoms with Gasteiger partial charge >= 0.3 is 5.97 Å². The Hall–Kier alpha value is -3.72. The minimum absolute atomic E-state index is 0.255. The van der Waals surface area contributed by atoms with Crippen LogP contribution in [0.4, 0.5) is 0 Å². The number of rotatable bonds is 5. The number of pyridine rings is 1. The van der Waals surface area contributed by atoms with Gasteiger partial charge in [0.2, 0.25) is 0 Å². The lowest BCUT2D eigenvalue weighted by molar-refractivity contribution is -0.142. The molecule has 0 unspecified atom stereocenters. The molecule has 0 spiro atoms. The molecule has 6 nitrogen and oxygen atoms in total. The van der Waals surface area contributed by atoms with Crippen molar-refractivity contribution in [2.24, 2.45) is 0 Å². The molecule has 0 bridgehead atoms. The molecule has 27 heavy (non-hydrogen) atoms. The lowest BCUT2D eigenvalue weighted by atomic mass is 10.0. The highest BCUT2D eigenvalue weighted by Crippen LogP contribution is 2.13. The van der Waals surface area contributed by atoms with Crippen LogP contribution in [0.1, 0.15) is 21.5 Å². The zero-order chi connectivity index (χ0) is 19.2. The predicted octanol–water partition coefficient (Wildman–Crippen LogP) is 2.62. The number of hydrogen-bond acceptors (Lipinski definition) is 5. The van der Waals surface area contributed by atoms with Crippen LogP contribution in [0.2, 0.25) is 0 Å². The van der Waals surface area contributed by atoms with E-state index in [1.54, 1.807) is 30.3 Å². The largest absolute Gasteiger partial charge is 0.467 e. The third kappa shape index (κ3) is 4.28. The van der Waals surface area contributed by atoms with Crippen LogP contribution in [0.3, 0.4) is 0 Å². The van der Waals surface area contributed by atoms with E-state index >= 15 is 0 Å². The molecular weight excluding hydrogens is 342 g/mol.